The number of carbonyl (C=O) groups is 1. The lowest BCUT2D eigenvalue weighted by atomic mass is 9.44. The summed E-state index contributed by atoms with van der Waals surface area (Å²) in [6, 6.07) is 21.6. The molecule has 1 unspecified atom stereocenters. The van der Waals surface area contributed by atoms with Crippen LogP contribution in [0.5, 0.6) is 0 Å². The summed E-state index contributed by atoms with van der Waals surface area (Å²) in [4.78, 5) is 11.9. The summed E-state index contributed by atoms with van der Waals surface area (Å²) >= 11 is 0. The Morgan fingerprint density at radius 3 is 2.07 bits per heavy atom. The zero-order chi connectivity index (χ0) is 33.0. The molecule has 5 heteroatoms. The van der Waals surface area contributed by atoms with E-state index >= 15 is 0 Å². The second-order valence-electron chi connectivity index (χ2n) is 17.4. The molecule has 0 bridgehead atoms. The quantitative estimate of drug-likeness (QED) is 0.178. The van der Waals surface area contributed by atoms with Crippen LogP contribution in [0, 0.1) is 46.3 Å². The molecule has 0 heterocycles. The van der Waals surface area contributed by atoms with Crippen LogP contribution in [0.1, 0.15) is 112 Å². The molecule has 0 aromatic heterocycles. The van der Waals surface area contributed by atoms with Gasteiger partial charge in [-0.25, -0.2) is 0 Å². The van der Waals surface area contributed by atoms with Crippen molar-refractivity contribution in [2.24, 2.45) is 46.3 Å². The predicted octanol–water partition coefficient (Wildman–Crippen LogP) is 8.50. The van der Waals surface area contributed by atoms with Crippen molar-refractivity contribution in [1.29, 1.82) is 0 Å². The molecule has 0 amide bonds. The van der Waals surface area contributed by atoms with Crippen LogP contribution in [0.2, 0.25) is 5.04 Å². The lowest BCUT2D eigenvalue weighted by molar-refractivity contribution is -0.223. The van der Waals surface area contributed by atoms with Gasteiger partial charge in [0.2, 0.25) is 0 Å². The largest absolute Gasteiger partial charge is 0.469 e. The van der Waals surface area contributed by atoms with E-state index in [2.05, 4.69) is 102 Å². The Labute approximate surface area is 280 Å². The molecule has 4 nitrogen and oxygen atoms in total. The minimum atomic E-state index is -2.87. The maximum absolute atomic E-state index is 12.6. The van der Waals surface area contributed by atoms with Gasteiger partial charge >= 0.3 is 5.97 Å². The summed E-state index contributed by atoms with van der Waals surface area (Å²) in [7, 11) is -1.36. The van der Waals surface area contributed by atoms with Gasteiger partial charge in [-0.15, -0.1) is 0 Å². The standard InChI is InChI=1S/C41H60O4Si/c1-29(18-23-37(42)44-7)34-21-22-35-33-20-19-30-28-41(43,27-26-39(30,5)36(33)24-25-40(34,35)6)45-46(38(2,3)4,31-14-10-8-11-15-31)32-16-12-9-13-17-32/h8-17,29-30,33-36,43H,18-28H2,1-7H3/t29-,30?,33+,34-,35+,36+,39+,40-,41+/m1/s1. The first-order chi connectivity index (χ1) is 21.8. The lowest BCUT2D eigenvalue weighted by Gasteiger charge is -2.63. The normalized spacial score (nSPS) is 36.7. The third-order valence-corrected chi connectivity index (χ3v) is 19.3. The van der Waals surface area contributed by atoms with E-state index in [1.54, 1.807) is 0 Å². The number of esters is 1. The second-order valence-corrected chi connectivity index (χ2v) is 21.6. The van der Waals surface area contributed by atoms with E-state index < -0.39 is 14.1 Å². The number of hydrogen-bond donors (Lipinski definition) is 1. The van der Waals surface area contributed by atoms with Gasteiger partial charge in [-0.2, -0.15) is 0 Å². The third-order valence-electron chi connectivity index (χ3n) is 14.2. The third kappa shape index (κ3) is 5.64. The average Bonchev–Trinajstić information content (AvgIpc) is 3.40. The molecule has 4 aliphatic carbocycles. The molecule has 0 saturated heterocycles. The number of rotatable bonds is 8. The molecule has 4 saturated carbocycles. The smallest absolute Gasteiger partial charge is 0.305 e. The second kappa shape index (κ2) is 12.5. The first kappa shape index (κ1) is 33.9. The van der Waals surface area contributed by atoms with E-state index in [1.807, 2.05) is 0 Å². The van der Waals surface area contributed by atoms with E-state index in [4.69, 9.17) is 9.16 Å². The Morgan fingerprint density at radius 2 is 1.48 bits per heavy atom. The van der Waals surface area contributed by atoms with Crippen LogP contribution in [0.4, 0.5) is 0 Å². The Morgan fingerprint density at radius 1 is 0.870 bits per heavy atom. The molecule has 6 rings (SSSR count). The number of benzene rings is 2. The van der Waals surface area contributed by atoms with Gasteiger partial charge in [0.05, 0.1) is 7.11 Å². The van der Waals surface area contributed by atoms with Crippen molar-refractivity contribution in [1.82, 2.24) is 0 Å². The summed E-state index contributed by atoms with van der Waals surface area (Å²) in [6.45, 7) is 14.5. The van der Waals surface area contributed by atoms with Gasteiger partial charge in [-0.1, -0.05) is 102 Å². The molecule has 46 heavy (non-hydrogen) atoms. The fourth-order valence-electron chi connectivity index (χ4n) is 11.9. The van der Waals surface area contributed by atoms with Crippen LogP contribution in [0.15, 0.2) is 60.7 Å². The fraction of sp³-hybridized carbons (Fsp3) is 0.683. The SMILES string of the molecule is COC(=O)CC[C@@H](C)[C@H]1CC[C@H]2[C@@H]3CCC4C[C@@](O)(O[Si](c5ccccc5)(c5ccccc5)C(C)(C)C)CC[C@]4(C)[C@H]3CC[C@]12C. The number of carbonyl (C=O) groups excluding carboxylic acids is 1. The number of methoxy groups -OCH3 is 1. The lowest BCUT2D eigenvalue weighted by Crippen LogP contribution is -2.70. The first-order valence-corrected chi connectivity index (χ1v) is 20.3. The predicted molar refractivity (Wildman–Crippen MR) is 189 cm³/mol. The van der Waals surface area contributed by atoms with Gasteiger partial charge in [0.25, 0.3) is 8.32 Å². The molecule has 252 valence electrons. The summed E-state index contributed by atoms with van der Waals surface area (Å²) in [6.07, 6.45) is 11.7. The molecule has 0 aliphatic heterocycles. The van der Waals surface area contributed by atoms with Gasteiger partial charge in [-0.3, -0.25) is 4.79 Å². The molecular formula is C41H60O4Si. The summed E-state index contributed by atoms with van der Waals surface area (Å²) < 4.78 is 12.4. The highest BCUT2D eigenvalue weighted by molar-refractivity contribution is 6.99. The number of hydrogen-bond acceptors (Lipinski definition) is 4. The zero-order valence-electron chi connectivity index (χ0n) is 29.7. The number of fused-ring (bicyclic) bond motifs is 5. The van der Waals surface area contributed by atoms with Crippen LogP contribution in [0.3, 0.4) is 0 Å². The van der Waals surface area contributed by atoms with E-state index in [0.717, 1.165) is 37.0 Å². The molecular weight excluding hydrogens is 585 g/mol. The Balaban J connectivity index is 1.23. The first-order valence-electron chi connectivity index (χ1n) is 18.4. The maximum atomic E-state index is 12.6. The van der Waals surface area contributed by atoms with Crippen molar-refractivity contribution in [2.45, 2.75) is 123 Å². The van der Waals surface area contributed by atoms with Gasteiger partial charge in [0, 0.05) is 19.3 Å². The summed E-state index contributed by atoms with van der Waals surface area (Å²) in [5, 5.41) is 14.9. The number of aliphatic hydroxyl groups is 1. The zero-order valence-corrected chi connectivity index (χ0v) is 30.7. The van der Waals surface area contributed by atoms with Crippen molar-refractivity contribution in [2.75, 3.05) is 7.11 Å². The van der Waals surface area contributed by atoms with Crippen LogP contribution in [-0.4, -0.2) is 32.3 Å². The van der Waals surface area contributed by atoms with Gasteiger partial charge in [-0.05, 0) is 113 Å². The van der Waals surface area contributed by atoms with Crippen molar-refractivity contribution < 1.29 is 19.1 Å². The van der Waals surface area contributed by atoms with Crippen molar-refractivity contribution >= 4 is 24.7 Å². The molecule has 2 aromatic rings. The topological polar surface area (TPSA) is 55.8 Å². The highest BCUT2D eigenvalue weighted by Crippen LogP contribution is 2.69. The van der Waals surface area contributed by atoms with Gasteiger partial charge in [0.15, 0.2) is 5.79 Å². The molecule has 0 radical (unpaired) electrons. The summed E-state index contributed by atoms with van der Waals surface area (Å²) in [5.41, 5.74) is 0.627. The molecule has 2 aromatic carbocycles. The molecule has 4 aliphatic rings. The van der Waals surface area contributed by atoms with E-state index in [9.17, 15) is 9.90 Å². The minimum Gasteiger partial charge on any atom is -0.469 e. The Hall–Kier alpha value is -1.95. The van der Waals surface area contributed by atoms with Crippen molar-refractivity contribution in [3.63, 3.8) is 0 Å². The molecule has 4 fully saturated rings. The fourth-order valence-corrected chi connectivity index (χ4v) is 16.5. The van der Waals surface area contributed by atoms with Crippen LogP contribution < -0.4 is 10.4 Å². The molecule has 9 atom stereocenters. The Bertz CT molecular complexity index is 1320. The number of ether oxygens (including phenoxy) is 1. The minimum absolute atomic E-state index is 0.0716. The monoisotopic (exact) mass is 644 g/mol. The molecule has 1 N–H and O–H groups in total. The van der Waals surface area contributed by atoms with Crippen LogP contribution in [-0.2, 0) is 14.0 Å². The highest BCUT2D eigenvalue weighted by Gasteiger charge is 2.63. The average molecular weight is 645 g/mol. The van der Waals surface area contributed by atoms with Crippen molar-refractivity contribution in [3.8, 4) is 0 Å². The maximum Gasteiger partial charge on any atom is 0.305 e. The molecule has 0 spiro atoms. The van der Waals surface area contributed by atoms with Gasteiger partial charge in [0.1, 0.15) is 0 Å². The van der Waals surface area contributed by atoms with Gasteiger partial charge < -0.3 is 14.3 Å². The van der Waals surface area contributed by atoms with E-state index in [-0.39, 0.29) is 16.4 Å². The Kier molecular flexibility index (Phi) is 9.22. The highest BCUT2D eigenvalue weighted by atomic mass is 28.4. The summed E-state index contributed by atoms with van der Waals surface area (Å²) in [5.74, 6) is 2.82. The van der Waals surface area contributed by atoms with Crippen molar-refractivity contribution in [3.05, 3.63) is 60.7 Å². The van der Waals surface area contributed by atoms with Crippen LogP contribution >= 0.6 is 0 Å². The van der Waals surface area contributed by atoms with Crippen LogP contribution in [0.25, 0.3) is 0 Å². The van der Waals surface area contributed by atoms with E-state index in [1.165, 1.54) is 56.0 Å². The van der Waals surface area contributed by atoms with E-state index in [0.29, 0.717) is 36.0 Å².